The Labute approximate surface area is 169 Å². The van der Waals surface area contributed by atoms with Crippen LogP contribution in [0.4, 0.5) is 0 Å². The van der Waals surface area contributed by atoms with Crippen molar-refractivity contribution in [2.75, 3.05) is 26.2 Å². The molecule has 4 rings (SSSR count). The molecule has 3 heterocycles. The van der Waals surface area contributed by atoms with Crippen molar-refractivity contribution in [3.63, 3.8) is 0 Å². The van der Waals surface area contributed by atoms with Gasteiger partial charge in [0.05, 0.1) is 12.0 Å². The molecule has 0 bridgehead atoms. The number of carbonyl (C=O) groups is 1. The highest BCUT2D eigenvalue weighted by atomic mass is 16.5. The first-order valence-corrected chi connectivity index (χ1v) is 9.79. The van der Waals surface area contributed by atoms with Gasteiger partial charge >= 0.3 is 0 Å². The van der Waals surface area contributed by atoms with Crippen LogP contribution in [0.25, 0.3) is 0 Å². The molecule has 0 spiro atoms. The third kappa shape index (κ3) is 4.35. The van der Waals surface area contributed by atoms with Crippen molar-refractivity contribution in [2.45, 2.75) is 27.0 Å². The zero-order valence-electron chi connectivity index (χ0n) is 16.8. The quantitative estimate of drug-likeness (QED) is 0.637. The van der Waals surface area contributed by atoms with Gasteiger partial charge in [-0.3, -0.25) is 9.69 Å². The maximum Gasteiger partial charge on any atom is 0.290 e. The molecule has 1 amide bonds. The summed E-state index contributed by atoms with van der Waals surface area (Å²) in [7, 11) is 0. The average molecular weight is 395 g/mol. The first kappa shape index (κ1) is 19.3. The van der Waals surface area contributed by atoms with Crippen LogP contribution in [0.2, 0.25) is 0 Å². The number of hydrogen-bond donors (Lipinski definition) is 0. The largest absolute Gasteiger partial charge is 0.489 e. The van der Waals surface area contributed by atoms with E-state index in [-0.39, 0.29) is 5.91 Å². The third-order valence-corrected chi connectivity index (χ3v) is 5.30. The number of hydrogen-bond acceptors (Lipinski definition) is 6. The van der Waals surface area contributed by atoms with Gasteiger partial charge in [0.1, 0.15) is 18.1 Å². The lowest BCUT2D eigenvalue weighted by molar-refractivity contribution is 0.0593. The highest BCUT2D eigenvalue weighted by Gasteiger charge is 2.27. The van der Waals surface area contributed by atoms with E-state index in [0.717, 1.165) is 48.0 Å². The third-order valence-electron chi connectivity index (χ3n) is 5.30. The van der Waals surface area contributed by atoms with Gasteiger partial charge in [-0.05, 0) is 32.0 Å². The van der Waals surface area contributed by atoms with E-state index in [4.69, 9.17) is 13.7 Å². The summed E-state index contributed by atoms with van der Waals surface area (Å²) in [5.74, 6) is 1.90. The lowest BCUT2D eigenvalue weighted by atomic mass is 10.1. The van der Waals surface area contributed by atoms with E-state index in [9.17, 15) is 4.79 Å². The second kappa shape index (κ2) is 8.53. The summed E-state index contributed by atoms with van der Waals surface area (Å²) < 4.78 is 16.5. The van der Waals surface area contributed by atoms with E-state index in [1.165, 1.54) is 0 Å². The summed E-state index contributed by atoms with van der Waals surface area (Å²) in [5.41, 5.74) is 2.83. The molecule has 29 heavy (non-hydrogen) atoms. The van der Waals surface area contributed by atoms with E-state index in [1.807, 2.05) is 49.1 Å². The molecule has 0 N–H and O–H groups in total. The molecule has 7 heteroatoms. The first-order valence-electron chi connectivity index (χ1n) is 9.79. The number of para-hydroxylation sites is 1. The van der Waals surface area contributed by atoms with Crippen LogP contribution in [-0.2, 0) is 13.2 Å². The van der Waals surface area contributed by atoms with Gasteiger partial charge in [-0.25, -0.2) is 0 Å². The molecule has 7 nitrogen and oxygen atoms in total. The molecule has 0 atom stereocenters. The van der Waals surface area contributed by atoms with Gasteiger partial charge in [0.25, 0.3) is 5.91 Å². The Balaban J connectivity index is 1.34. The molecule has 0 radical (unpaired) electrons. The van der Waals surface area contributed by atoms with Crippen LogP contribution in [0.1, 0.15) is 33.1 Å². The standard InChI is InChI=1S/C22H25N3O4/c1-16-20(17(2)29-23-16)14-24-9-11-25(12-10-24)22(26)21-18(8-13-27-21)15-28-19-6-4-3-5-7-19/h3-8,13H,9-12,14-15H2,1-2H3. The SMILES string of the molecule is Cc1noc(C)c1CN1CCN(C(=O)c2occc2COc2ccccc2)CC1. The van der Waals surface area contributed by atoms with Gasteiger partial charge in [-0.1, -0.05) is 23.4 Å². The van der Waals surface area contributed by atoms with Crippen LogP contribution >= 0.6 is 0 Å². The fraction of sp³-hybridized carbons (Fsp3) is 0.364. The van der Waals surface area contributed by atoms with Crippen molar-refractivity contribution < 1.29 is 18.5 Å². The van der Waals surface area contributed by atoms with Crippen LogP contribution in [0.3, 0.4) is 0 Å². The molecule has 1 aliphatic heterocycles. The van der Waals surface area contributed by atoms with Crippen LogP contribution in [-0.4, -0.2) is 47.0 Å². The maximum atomic E-state index is 13.0. The normalized spacial score (nSPS) is 14.9. The maximum absolute atomic E-state index is 13.0. The fourth-order valence-electron chi connectivity index (χ4n) is 3.52. The Morgan fingerprint density at radius 2 is 1.86 bits per heavy atom. The molecule has 1 fully saturated rings. The van der Waals surface area contributed by atoms with Crippen LogP contribution in [0.15, 0.2) is 51.6 Å². The van der Waals surface area contributed by atoms with Crippen LogP contribution < -0.4 is 4.74 Å². The Morgan fingerprint density at radius 3 is 2.55 bits per heavy atom. The Hall–Kier alpha value is -3.06. The molecule has 1 saturated heterocycles. The van der Waals surface area contributed by atoms with E-state index in [0.29, 0.717) is 25.5 Å². The highest BCUT2D eigenvalue weighted by Crippen LogP contribution is 2.20. The van der Waals surface area contributed by atoms with Crippen LogP contribution in [0, 0.1) is 13.8 Å². The van der Waals surface area contributed by atoms with Gasteiger partial charge in [0.15, 0.2) is 5.76 Å². The average Bonchev–Trinajstić information content (AvgIpc) is 3.35. The van der Waals surface area contributed by atoms with Crippen molar-refractivity contribution >= 4 is 5.91 Å². The summed E-state index contributed by atoms with van der Waals surface area (Å²) in [6.07, 6.45) is 1.55. The smallest absolute Gasteiger partial charge is 0.290 e. The van der Waals surface area contributed by atoms with E-state index in [1.54, 1.807) is 12.3 Å². The summed E-state index contributed by atoms with van der Waals surface area (Å²) in [6.45, 7) is 7.89. The number of amides is 1. The predicted molar refractivity (Wildman–Crippen MR) is 107 cm³/mol. The summed E-state index contributed by atoms with van der Waals surface area (Å²) in [5, 5.41) is 4.02. The molecule has 1 aliphatic rings. The Bertz CT molecular complexity index is 936. The molecule has 1 aromatic carbocycles. The number of rotatable bonds is 6. The number of aryl methyl sites for hydroxylation is 2. The number of piperazine rings is 1. The van der Waals surface area contributed by atoms with Crippen molar-refractivity contribution in [1.29, 1.82) is 0 Å². The van der Waals surface area contributed by atoms with Gasteiger partial charge in [-0.2, -0.15) is 0 Å². The lowest BCUT2D eigenvalue weighted by Gasteiger charge is -2.34. The van der Waals surface area contributed by atoms with Crippen molar-refractivity contribution in [3.05, 3.63) is 71.0 Å². The second-order valence-electron chi connectivity index (χ2n) is 7.25. The summed E-state index contributed by atoms with van der Waals surface area (Å²) in [6, 6.07) is 11.3. The minimum atomic E-state index is -0.0846. The van der Waals surface area contributed by atoms with Crippen molar-refractivity contribution in [1.82, 2.24) is 15.0 Å². The van der Waals surface area contributed by atoms with Crippen LogP contribution in [0.5, 0.6) is 5.75 Å². The number of aromatic nitrogens is 1. The molecule has 0 saturated carbocycles. The second-order valence-corrected chi connectivity index (χ2v) is 7.25. The number of nitrogens with zero attached hydrogens (tertiary/aromatic N) is 3. The monoisotopic (exact) mass is 395 g/mol. The summed E-state index contributed by atoms with van der Waals surface area (Å²) in [4.78, 5) is 17.1. The first-order chi connectivity index (χ1) is 14.1. The van der Waals surface area contributed by atoms with Crippen molar-refractivity contribution in [2.24, 2.45) is 0 Å². The topological polar surface area (TPSA) is 72.0 Å². The van der Waals surface area contributed by atoms with Gasteiger partial charge < -0.3 is 18.6 Å². The Kier molecular flexibility index (Phi) is 5.67. The molecule has 0 aliphatic carbocycles. The molecule has 2 aromatic heterocycles. The van der Waals surface area contributed by atoms with E-state index in [2.05, 4.69) is 10.1 Å². The lowest BCUT2D eigenvalue weighted by Crippen LogP contribution is -2.48. The molecular formula is C22H25N3O4. The minimum absolute atomic E-state index is 0.0846. The van der Waals surface area contributed by atoms with E-state index < -0.39 is 0 Å². The van der Waals surface area contributed by atoms with Gasteiger partial charge in [0.2, 0.25) is 0 Å². The zero-order valence-corrected chi connectivity index (χ0v) is 16.8. The number of carbonyl (C=O) groups excluding carboxylic acids is 1. The van der Waals surface area contributed by atoms with Gasteiger partial charge in [-0.15, -0.1) is 0 Å². The number of benzene rings is 1. The predicted octanol–water partition coefficient (Wildman–Crippen LogP) is 3.42. The van der Waals surface area contributed by atoms with E-state index >= 15 is 0 Å². The zero-order chi connectivity index (χ0) is 20.2. The number of furan rings is 1. The fourth-order valence-corrected chi connectivity index (χ4v) is 3.52. The molecule has 3 aromatic rings. The molecule has 0 unspecified atom stereocenters. The minimum Gasteiger partial charge on any atom is -0.489 e. The van der Waals surface area contributed by atoms with Gasteiger partial charge in [0, 0.05) is 43.9 Å². The number of ether oxygens (including phenoxy) is 1. The molecule has 152 valence electrons. The highest BCUT2D eigenvalue weighted by molar-refractivity contribution is 5.93. The summed E-state index contributed by atoms with van der Waals surface area (Å²) >= 11 is 0. The van der Waals surface area contributed by atoms with Crippen molar-refractivity contribution in [3.8, 4) is 5.75 Å². The Morgan fingerprint density at radius 1 is 1.10 bits per heavy atom. The molecular weight excluding hydrogens is 370 g/mol.